The Hall–Kier alpha value is -2.06. The first kappa shape index (κ1) is 15.5. The summed E-state index contributed by atoms with van der Waals surface area (Å²) in [4.78, 5) is 4.89. The van der Waals surface area contributed by atoms with Crippen LogP contribution in [-0.2, 0) is 6.54 Å². The molecule has 2 bridgehead atoms. The van der Waals surface area contributed by atoms with Gasteiger partial charge in [0, 0.05) is 38.4 Å². The number of nitrogens with zero attached hydrogens (tertiary/aromatic N) is 2. The number of rotatable bonds is 4. The summed E-state index contributed by atoms with van der Waals surface area (Å²) in [5.41, 5.74) is 5.65. The quantitative estimate of drug-likeness (QED) is 0.814. The van der Waals surface area contributed by atoms with Crippen molar-refractivity contribution in [3.05, 3.63) is 71.8 Å². The Labute approximate surface area is 145 Å². The smallest absolute Gasteiger partial charge is 0.0367 e. The Balaban J connectivity index is 1.57. The molecule has 0 spiro atoms. The average Bonchev–Trinajstić information content (AvgIpc) is 2.84. The van der Waals surface area contributed by atoms with Crippen molar-refractivity contribution < 1.29 is 0 Å². The molecule has 1 saturated heterocycles. The second kappa shape index (κ2) is 6.45. The lowest BCUT2D eigenvalue weighted by Crippen LogP contribution is -2.37. The van der Waals surface area contributed by atoms with Crippen molar-refractivity contribution in [2.45, 2.75) is 37.9 Å². The number of fused-ring (bicyclic) bond motifs is 2. The van der Waals surface area contributed by atoms with Crippen LogP contribution in [0.15, 0.2) is 60.7 Å². The first-order chi connectivity index (χ1) is 11.7. The van der Waals surface area contributed by atoms with Gasteiger partial charge in [-0.25, -0.2) is 0 Å². The van der Waals surface area contributed by atoms with Gasteiger partial charge in [-0.3, -0.25) is 4.90 Å². The third-order valence-electron chi connectivity index (χ3n) is 5.48. The van der Waals surface area contributed by atoms with E-state index in [0.29, 0.717) is 12.1 Å². The highest BCUT2D eigenvalue weighted by Gasteiger charge is 2.36. The molecule has 2 heterocycles. The molecule has 2 aliphatic heterocycles. The lowest BCUT2D eigenvalue weighted by Gasteiger charge is -2.34. The summed E-state index contributed by atoms with van der Waals surface area (Å²) < 4.78 is 0. The predicted molar refractivity (Wildman–Crippen MR) is 102 cm³/mol. The summed E-state index contributed by atoms with van der Waals surface area (Å²) in [6.45, 7) is 1.08. The van der Waals surface area contributed by atoms with Crippen LogP contribution in [0, 0.1) is 0 Å². The third-order valence-corrected chi connectivity index (χ3v) is 5.48. The summed E-state index contributed by atoms with van der Waals surface area (Å²) in [5.74, 6) is 0. The molecule has 0 aromatic heterocycles. The fourth-order valence-corrected chi connectivity index (χ4v) is 4.16. The van der Waals surface area contributed by atoms with Crippen LogP contribution in [-0.4, -0.2) is 31.1 Å². The van der Waals surface area contributed by atoms with Crippen molar-refractivity contribution in [3.8, 4) is 0 Å². The molecule has 2 unspecified atom stereocenters. The number of benzene rings is 2. The molecule has 0 radical (unpaired) electrons. The molecule has 0 saturated carbocycles. The molecule has 0 N–H and O–H groups in total. The molecule has 4 rings (SSSR count). The summed E-state index contributed by atoms with van der Waals surface area (Å²) in [6, 6.07) is 21.2. The van der Waals surface area contributed by atoms with Crippen LogP contribution in [0.4, 0.5) is 5.69 Å². The van der Waals surface area contributed by atoms with E-state index in [4.69, 9.17) is 0 Å². The van der Waals surface area contributed by atoms with Gasteiger partial charge in [-0.05, 0) is 48.1 Å². The van der Waals surface area contributed by atoms with E-state index < -0.39 is 0 Å². The van der Waals surface area contributed by atoms with Crippen molar-refractivity contribution >= 4 is 11.3 Å². The number of hydrogen-bond acceptors (Lipinski definition) is 2. The third kappa shape index (κ3) is 2.99. The second-order valence-corrected chi connectivity index (χ2v) is 7.30. The maximum Gasteiger partial charge on any atom is 0.0367 e. The van der Waals surface area contributed by atoms with Crippen molar-refractivity contribution in [3.63, 3.8) is 0 Å². The zero-order valence-corrected chi connectivity index (χ0v) is 14.7. The Bertz CT molecular complexity index is 733. The molecule has 2 nitrogen and oxygen atoms in total. The van der Waals surface area contributed by atoms with E-state index in [1.54, 1.807) is 0 Å². The first-order valence-corrected chi connectivity index (χ1v) is 8.99. The normalized spacial score (nSPS) is 23.2. The van der Waals surface area contributed by atoms with Gasteiger partial charge in [-0.15, -0.1) is 0 Å². The largest absolute Gasteiger partial charge is 0.378 e. The lowest BCUT2D eigenvalue weighted by molar-refractivity contribution is 0.203. The number of anilines is 1. The van der Waals surface area contributed by atoms with Gasteiger partial charge in [0.1, 0.15) is 0 Å². The first-order valence-electron chi connectivity index (χ1n) is 8.99. The molecule has 2 aromatic carbocycles. The topological polar surface area (TPSA) is 6.48 Å². The maximum atomic E-state index is 2.70. The van der Waals surface area contributed by atoms with Gasteiger partial charge in [0.25, 0.3) is 0 Å². The Kier molecular flexibility index (Phi) is 4.15. The highest BCUT2D eigenvalue weighted by Crippen LogP contribution is 2.39. The minimum absolute atomic E-state index is 0.599. The summed E-state index contributed by atoms with van der Waals surface area (Å²) >= 11 is 0. The molecular formula is C22H26N2. The molecular weight excluding hydrogens is 292 g/mol. The van der Waals surface area contributed by atoms with Crippen LogP contribution in [0.25, 0.3) is 5.57 Å². The van der Waals surface area contributed by atoms with Gasteiger partial charge in [0.15, 0.2) is 0 Å². The zero-order valence-electron chi connectivity index (χ0n) is 14.7. The highest BCUT2D eigenvalue weighted by molar-refractivity contribution is 5.71. The molecule has 1 fully saturated rings. The molecule has 2 atom stereocenters. The van der Waals surface area contributed by atoms with E-state index >= 15 is 0 Å². The highest BCUT2D eigenvalue weighted by atomic mass is 15.2. The van der Waals surface area contributed by atoms with E-state index in [-0.39, 0.29) is 0 Å². The van der Waals surface area contributed by atoms with Gasteiger partial charge in [-0.1, -0.05) is 48.5 Å². The van der Waals surface area contributed by atoms with Gasteiger partial charge in [0.2, 0.25) is 0 Å². The Morgan fingerprint density at radius 2 is 1.83 bits per heavy atom. The van der Waals surface area contributed by atoms with Crippen LogP contribution in [0.3, 0.4) is 0 Å². The van der Waals surface area contributed by atoms with Gasteiger partial charge >= 0.3 is 0 Å². The fraction of sp³-hybridized carbons (Fsp3) is 0.364. The number of hydrogen-bond donors (Lipinski definition) is 0. The zero-order chi connectivity index (χ0) is 16.5. The van der Waals surface area contributed by atoms with Gasteiger partial charge in [-0.2, -0.15) is 0 Å². The lowest BCUT2D eigenvalue weighted by atomic mass is 9.94. The molecule has 2 heteroatoms. The maximum absolute atomic E-state index is 2.70. The second-order valence-electron chi connectivity index (χ2n) is 7.30. The van der Waals surface area contributed by atoms with Crippen LogP contribution in [0.5, 0.6) is 0 Å². The summed E-state index contributed by atoms with van der Waals surface area (Å²) in [7, 11) is 4.22. The minimum atomic E-state index is 0.599. The monoisotopic (exact) mass is 318 g/mol. The van der Waals surface area contributed by atoms with E-state index in [1.165, 1.54) is 41.6 Å². The van der Waals surface area contributed by atoms with E-state index in [0.717, 1.165) is 6.54 Å². The van der Waals surface area contributed by atoms with E-state index in [1.807, 2.05) is 0 Å². The SMILES string of the molecule is CN(C)c1cccc(C2=CC3CCC(C2)N3Cc2ccccc2)c1. The average molecular weight is 318 g/mol. The van der Waals surface area contributed by atoms with Crippen molar-refractivity contribution in [1.29, 1.82) is 0 Å². The van der Waals surface area contributed by atoms with Gasteiger partial charge in [0.05, 0.1) is 0 Å². The fourth-order valence-electron chi connectivity index (χ4n) is 4.16. The van der Waals surface area contributed by atoms with Crippen molar-refractivity contribution in [2.24, 2.45) is 0 Å². The predicted octanol–water partition coefficient (Wildman–Crippen LogP) is 4.57. The summed E-state index contributed by atoms with van der Waals surface area (Å²) in [5, 5.41) is 0. The van der Waals surface area contributed by atoms with Crippen molar-refractivity contribution in [1.82, 2.24) is 4.90 Å². The molecule has 2 aliphatic rings. The molecule has 124 valence electrons. The van der Waals surface area contributed by atoms with E-state index in [9.17, 15) is 0 Å². The van der Waals surface area contributed by atoms with Gasteiger partial charge < -0.3 is 4.90 Å². The standard InChI is InChI=1S/C22H26N2/c1-23(2)20-10-6-9-18(13-20)19-14-21-11-12-22(15-19)24(21)16-17-7-4-3-5-8-17/h3-10,13-14,21-22H,11-12,15-16H2,1-2H3. The van der Waals surface area contributed by atoms with Crippen LogP contribution in [0.1, 0.15) is 30.4 Å². The van der Waals surface area contributed by atoms with Crippen LogP contribution in [0.2, 0.25) is 0 Å². The van der Waals surface area contributed by atoms with Crippen LogP contribution >= 0.6 is 0 Å². The van der Waals surface area contributed by atoms with Crippen LogP contribution < -0.4 is 4.90 Å². The minimum Gasteiger partial charge on any atom is -0.378 e. The molecule has 2 aromatic rings. The molecule has 0 aliphatic carbocycles. The van der Waals surface area contributed by atoms with E-state index in [2.05, 4.69) is 84.6 Å². The molecule has 0 amide bonds. The Morgan fingerprint density at radius 3 is 2.58 bits per heavy atom. The summed E-state index contributed by atoms with van der Waals surface area (Å²) in [6.07, 6.45) is 6.33. The van der Waals surface area contributed by atoms with Crippen molar-refractivity contribution in [2.75, 3.05) is 19.0 Å². The molecule has 24 heavy (non-hydrogen) atoms. The Morgan fingerprint density at radius 1 is 1.00 bits per heavy atom.